The van der Waals surface area contributed by atoms with Gasteiger partial charge in [0.05, 0.1) is 19.3 Å². The summed E-state index contributed by atoms with van der Waals surface area (Å²) in [6, 6.07) is 10.9. The number of hydrogen-bond acceptors (Lipinski definition) is 8. The van der Waals surface area contributed by atoms with Crippen molar-refractivity contribution in [2.45, 2.75) is 25.7 Å². The number of benzene rings is 2. The Kier molecular flexibility index (Phi) is 8.56. The lowest BCUT2D eigenvalue weighted by molar-refractivity contribution is -0.121. The molecule has 0 aliphatic heterocycles. The Bertz CT molecular complexity index is 1280. The van der Waals surface area contributed by atoms with Crippen LogP contribution < -0.4 is 15.6 Å². The molecule has 0 unspecified atom stereocenters. The fourth-order valence-corrected chi connectivity index (χ4v) is 3.80. The molecule has 5 N–H and O–H groups in total. The molecule has 10 heteroatoms. The number of aromatic amines is 1. The van der Waals surface area contributed by atoms with Gasteiger partial charge in [-0.05, 0) is 48.7 Å². The SMILES string of the molecule is CCOC(=O)c1c[nH]c(=O)c([C@@H](CC(=O)NCCc2ccc(O)cc2)c2ccc(OC)c(O)c2)c1O. The lowest BCUT2D eigenvalue weighted by Crippen LogP contribution is -2.29. The largest absolute Gasteiger partial charge is 0.508 e. The van der Waals surface area contributed by atoms with Gasteiger partial charge in [-0.25, -0.2) is 4.79 Å². The van der Waals surface area contributed by atoms with Crippen molar-refractivity contribution >= 4 is 11.9 Å². The van der Waals surface area contributed by atoms with Gasteiger partial charge in [-0.15, -0.1) is 0 Å². The van der Waals surface area contributed by atoms with E-state index in [-0.39, 0.29) is 47.9 Å². The monoisotopic (exact) mass is 496 g/mol. The van der Waals surface area contributed by atoms with Crippen LogP contribution >= 0.6 is 0 Å². The summed E-state index contributed by atoms with van der Waals surface area (Å²) in [5.41, 5.74) is 0.100. The molecule has 1 amide bonds. The summed E-state index contributed by atoms with van der Waals surface area (Å²) in [7, 11) is 1.38. The smallest absolute Gasteiger partial charge is 0.343 e. The van der Waals surface area contributed by atoms with Crippen LogP contribution in [0.3, 0.4) is 0 Å². The highest BCUT2D eigenvalue weighted by molar-refractivity contribution is 5.92. The Morgan fingerprint density at radius 1 is 1.08 bits per heavy atom. The predicted molar refractivity (Wildman–Crippen MR) is 131 cm³/mol. The lowest BCUT2D eigenvalue weighted by Gasteiger charge is -2.20. The van der Waals surface area contributed by atoms with E-state index in [2.05, 4.69) is 10.3 Å². The van der Waals surface area contributed by atoms with Gasteiger partial charge in [-0.2, -0.15) is 0 Å². The quantitative estimate of drug-likeness (QED) is 0.268. The zero-order chi connectivity index (χ0) is 26.2. The number of aromatic nitrogens is 1. The molecule has 1 heterocycles. The molecule has 0 aliphatic carbocycles. The van der Waals surface area contributed by atoms with E-state index in [1.807, 2.05) is 0 Å². The van der Waals surface area contributed by atoms with E-state index in [9.17, 15) is 29.7 Å². The van der Waals surface area contributed by atoms with Crippen LogP contribution in [0.15, 0.2) is 53.5 Å². The molecule has 0 bridgehead atoms. The van der Waals surface area contributed by atoms with Gasteiger partial charge < -0.3 is 35.1 Å². The molecule has 190 valence electrons. The van der Waals surface area contributed by atoms with Gasteiger partial charge in [0.25, 0.3) is 5.56 Å². The van der Waals surface area contributed by atoms with Crippen molar-refractivity contribution in [3.63, 3.8) is 0 Å². The van der Waals surface area contributed by atoms with Crippen LogP contribution in [-0.4, -0.2) is 52.4 Å². The molecule has 1 aromatic heterocycles. The summed E-state index contributed by atoms with van der Waals surface area (Å²) in [6.45, 7) is 1.95. The topological polar surface area (TPSA) is 158 Å². The molecule has 0 saturated carbocycles. The first kappa shape index (κ1) is 26.1. The standard InChI is InChI=1S/C26H28N2O8/c1-3-36-26(34)19-14-28-25(33)23(24(19)32)18(16-6-9-21(35-2)20(30)12-16)13-22(31)27-11-10-15-4-7-17(29)8-5-15/h4-9,12,14,18,29-30H,3,10-11,13H2,1-2H3,(H,27,31)(H2,28,32,33)/t18-/m0/s1. The summed E-state index contributed by atoms with van der Waals surface area (Å²) in [6.07, 6.45) is 1.30. The van der Waals surface area contributed by atoms with Crippen LogP contribution in [0.25, 0.3) is 0 Å². The fraction of sp³-hybridized carbons (Fsp3) is 0.269. The second kappa shape index (κ2) is 11.8. The van der Waals surface area contributed by atoms with Crippen LogP contribution in [0.2, 0.25) is 0 Å². The molecule has 10 nitrogen and oxygen atoms in total. The van der Waals surface area contributed by atoms with E-state index in [0.717, 1.165) is 11.8 Å². The Labute approximate surface area is 207 Å². The number of methoxy groups -OCH3 is 1. The Morgan fingerprint density at radius 3 is 2.44 bits per heavy atom. The maximum atomic E-state index is 12.9. The molecule has 36 heavy (non-hydrogen) atoms. The van der Waals surface area contributed by atoms with Crippen LogP contribution in [-0.2, 0) is 16.0 Å². The number of nitrogens with one attached hydrogen (secondary N) is 2. The minimum Gasteiger partial charge on any atom is -0.508 e. The first-order chi connectivity index (χ1) is 17.2. The number of esters is 1. The number of pyridine rings is 1. The molecule has 0 aliphatic rings. The average molecular weight is 497 g/mol. The van der Waals surface area contributed by atoms with E-state index in [0.29, 0.717) is 12.0 Å². The zero-order valence-electron chi connectivity index (χ0n) is 19.9. The summed E-state index contributed by atoms with van der Waals surface area (Å²) in [5.74, 6) is -2.75. The summed E-state index contributed by atoms with van der Waals surface area (Å²) in [4.78, 5) is 40.4. The first-order valence-electron chi connectivity index (χ1n) is 11.3. The number of phenols is 2. The third kappa shape index (κ3) is 6.15. The molecule has 0 radical (unpaired) electrons. The van der Waals surface area contributed by atoms with Crippen molar-refractivity contribution in [3.05, 3.63) is 81.3 Å². The second-order valence-corrected chi connectivity index (χ2v) is 7.97. The number of carbonyl (C=O) groups excluding carboxylic acids is 2. The van der Waals surface area contributed by atoms with E-state index < -0.39 is 29.1 Å². The Hall–Kier alpha value is -4.47. The minimum atomic E-state index is -1.01. The van der Waals surface area contributed by atoms with Gasteiger partial charge >= 0.3 is 5.97 Å². The highest BCUT2D eigenvalue weighted by Crippen LogP contribution is 2.37. The Balaban J connectivity index is 1.92. The molecular weight excluding hydrogens is 468 g/mol. The number of ether oxygens (including phenoxy) is 2. The molecule has 2 aromatic carbocycles. The summed E-state index contributed by atoms with van der Waals surface area (Å²) >= 11 is 0. The molecule has 3 aromatic rings. The highest BCUT2D eigenvalue weighted by Gasteiger charge is 2.28. The third-order valence-corrected chi connectivity index (χ3v) is 5.61. The van der Waals surface area contributed by atoms with Crippen molar-refractivity contribution in [2.24, 2.45) is 0 Å². The van der Waals surface area contributed by atoms with Crippen LogP contribution in [0.5, 0.6) is 23.0 Å². The zero-order valence-corrected chi connectivity index (χ0v) is 19.9. The second-order valence-electron chi connectivity index (χ2n) is 7.97. The average Bonchev–Trinajstić information content (AvgIpc) is 2.84. The van der Waals surface area contributed by atoms with Crippen molar-refractivity contribution in [1.82, 2.24) is 10.3 Å². The number of carbonyl (C=O) groups is 2. The number of H-pyrrole nitrogens is 1. The lowest BCUT2D eigenvalue weighted by atomic mass is 9.87. The maximum absolute atomic E-state index is 12.9. The van der Waals surface area contributed by atoms with Gasteiger partial charge in [0.2, 0.25) is 5.91 Å². The number of phenolic OH excluding ortho intramolecular Hbond substituents is 2. The van der Waals surface area contributed by atoms with Gasteiger partial charge in [0, 0.05) is 25.1 Å². The fourth-order valence-electron chi connectivity index (χ4n) is 3.80. The number of rotatable bonds is 10. The number of amides is 1. The van der Waals surface area contributed by atoms with Crippen molar-refractivity contribution in [2.75, 3.05) is 20.3 Å². The minimum absolute atomic E-state index is 0.0615. The molecule has 3 rings (SSSR count). The van der Waals surface area contributed by atoms with Gasteiger partial charge in [0.1, 0.15) is 17.1 Å². The van der Waals surface area contributed by atoms with Crippen LogP contribution in [0.1, 0.15) is 46.3 Å². The van der Waals surface area contributed by atoms with Crippen LogP contribution in [0, 0.1) is 0 Å². The summed E-state index contributed by atoms with van der Waals surface area (Å²) in [5, 5.41) is 33.3. The van der Waals surface area contributed by atoms with E-state index in [1.54, 1.807) is 37.3 Å². The van der Waals surface area contributed by atoms with Gasteiger partial charge in [-0.3, -0.25) is 9.59 Å². The van der Waals surface area contributed by atoms with Crippen molar-refractivity contribution in [3.8, 4) is 23.0 Å². The molecule has 0 fully saturated rings. The van der Waals surface area contributed by atoms with Gasteiger partial charge in [0.15, 0.2) is 11.5 Å². The van der Waals surface area contributed by atoms with Crippen LogP contribution in [0.4, 0.5) is 0 Å². The van der Waals surface area contributed by atoms with Crippen molar-refractivity contribution in [1.29, 1.82) is 0 Å². The number of aromatic hydroxyl groups is 3. The molecule has 0 saturated heterocycles. The highest BCUT2D eigenvalue weighted by atomic mass is 16.5. The summed E-state index contributed by atoms with van der Waals surface area (Å²) < 4.78 is 10.0. The van der Waals surface area contributed by atoms with Crippen molar-refractivity contribution < 1.29 is 34.4 Å². The normalized spacial score (nSPS) is 11.5. The number of hydrogen-bond donors (Lipinski definition) is 5. The van der Waals surface area contributed by atoms with E-state index >= 15 is 0 Å². The predicted octanol–water partition coefficient (Wildman–Crippen LogP) is 2.56. The molecule has 0 spiro atoms. The van der Waals surface area contributed by atoms with Gasteiger partial charge in [-0.1, -0.05) is 18.2 Å². The first-order valence-corrected chi connectivity index (χ1v) is 11.3. The van der Waals surface area contributed by atoms with E-state index in [4.69, 9.17) is 9.47 Å². The molecule has 1 atom stereocenters. The maximum Gasteiger partial charge on any atom is 0.343 e. The molecular formula is C26H28N2O8. The third-order valence-electron chi connectivity index (χ3n) is 5.61. The van der Waals surface area contributed by atoms with E-state index in [1.165, 1.54) is 19.2 Å². The Morgan fingerprint density at radius 2 is 1.81 bits per heavy atom.